The van der Waals surface area contributed by atoms with Gasteiger partial charge >= 0.3 is 0 Å². The van der Waals surface area contributed by atoms with Crippen LogP contribution in [-0.2, 0) is 11.3 Å². The molecule has 0 unspecified atom stereocenters. The largest absolute Gasteiger partial charge is 0.325 e. The van der Waals surface area contributed by atoms with E-state index in [9.17, 15) is 4.79 Å². The van der Waals surface area contributed by atoms with Crippen molar-refractivity contribution in [3.8, 4) is 10.6 Å². The van der Waals surface area contributed by atoms with Crippen LogP contribution in [0.25, 0.3) is 10.6 Å². The fraction of sp³-hybridized carbons (Fsp3) is 0.158. The zero-order chi connectivity index (χ0) is 17.6. The van der Waals surface area contributed by atoms with Gasteiger partial charge < -0.3 is 5.32 Å². The van der Waals surface area contributed by atoms with Gasteiger partial charge in [0.25, 0.3) is 0 Å². The van der Waals surface area contributed by atoms with Gasteiger partial charge in [-0.05, 0) is 31.3 Å². The Bertz CT molecular complexity index is 833. The molecule has 0 saturated heterocycles. The number of benzene rings is 2. The van der Waals surface area contributed by atoms with Crippen molar-refractivity contribution in [2.24, 2.45) is 0 Å². The van der Waals surface area contributed by atoms with E-state index in [4.69, 9.17) is 11.6 Å². The van der Waals surface area contributed by atoms with Gasteiger partial charge in [0.1, 0.15) is 5.01 Å². The predicted molar refractivity (Wildman–Crippen MR) is 104 cm³/mol. The molecular weight excluding hydrogens is 354 g/mol. The number of carbonyl (C=O) groups excluding carboxylic acids is 1. The lowest BCUT2D eigenvalue weighted by molar-refractivity contribution is -0.117. The number of amides is 1. The quantitative estimate of drug-likeness (QED) is 0.692. The molecule has 0 bridgehead atoms. The Kier molecular flexibility index (Phi) is 5.81. The lowest BCUT2D eigenvalue weighted by Crippen LogP contribution is -2.29. The molecule has 1 amide bonds. The number of nitrogens with zero attached hydrogens (tertiary/aromatic N) is 2. The molecule has 25 heavy (non-hydrogen) atoms. The smallest absolute Gasteiger partial charge is 0.238 e. The van der Waals surface area contributed by atoms with Crippen molar-refractivity contribution in [2.75, 3.05) is 18.9 Å². The van der Waals surface area contributed by atoms with E-state index in [-0.39, 0.29) is 5.91 Å². The van der Waals surface area contributed by atoms with Crippen LogP contribution in [0, 0.1) is 0 Å². The van der Waals surface area contributed by atoms with E-state index in [1.54, 1.807) is 35.6 Å². The van der Waals surface area contributed by atoms with Gasteiger partial charge in [0.15, 0.2) is 0 Å². The Hall–Kier alpha value is -2.21. The number of halogens is 1. The maximum Gasteiger partial charge on any atom is 0.238 e. The third-order valence-electron chi connectivity index (χ3n) is 3.55. The zero-order valence-electron chi connectivity index (χ0n) is 13.8. The Morgan fingerprint density at radius 3 is 2.60 bits per heavy atom. The number of nitrogens with one attached hydrogen (secondary N) is 1. The van der Waals surface area contributed by atoms with Crippen molar-refractivity contribution in [3.63, 3.8) is 0 Å². The molecule has 0 aliphatic carbocycles. The van der Waals surface area contributed by atoms with E-state index in [2.05, 4.69) is 10.3 Å². The Labute approximate surface area is 156 Å². The molecule has 0 aliphatic rings. The van der Waals surface area contributed by atoms with Crippen LogP contribution in [0.5, 0.6) is 0 Å². The molecule has 0 spiro atoms. The van der Waals surface area contributed by atoms with Crippen molar-refractivity contribution >= 4 is 34.5 Å². The summed E-state index contributed by atoms with van der Waals surface area (Å²) in [4.78, 5) is 18.7. The fourth-order valence-electron chi connectivity index (χ4n) is 2.40. The Balaban J connectivity index is 1.54. The molecule has 3 rings (SSSR count). The first kappa shape index (κ1) is 17.6. The summed E-state index contributed by atoms with van der Waals surface area (Å²) >= 11 is 7.46. The molecule has 1 N–H and O–H groups in total. The molecule has 0 fully saturated rings. The second-order valence-electron chi connectivity index (χ2n) is 5.74. The van der Waals surface area contributed by atoms with Crippen LogP contribution in [0.1, 0.15) is 5.69 Å². The van der Waals surface area contributed by atoms with E-state index in [1.807, 2.05) is 47.7 Å². The molecule has 4 nitrogen and oxygen atoms in total. The SMILES string of the molecule is CN(CC(=O)Nc1ccc(Cl)cc1)Cc1csc(-c2ccccc2)n1. The fourth-order valence-corrected chi connectivity index (χ4v) is 3.35. The summed E-state index contributed by atoms with van der Waals surface area (Å²) in [5, 5.41) is 6.54. The molecular formula is C19H18ClN3OS. The number of likely N-dealkylation sites (N-methyl/N-ethyl adjacent to an activating group) is 1. The number of hydrogen-bond acceptors (Lipinski definition) is 4. The van der Waals surface area contributed by atoms with Gasteiger partial charge in [0, 0.05) is 28.2 Å². The van der Waals surface area contributed by atoms with Crippen molar-refractivity contribution in [2.45, 2.75) is 6.54 Å². The van der Waals surface area contributed by atoms with E-state index in [1.165, 1.54) is 0 Å². The molecule has 0 aliphatic heterocycles. The number of thiazole rings is 1. The van der Waals surface area contributed by atoms with Crippen molar-refractivity contribution in [3.05, 3.63) is 70.7 Å². The molecule has 6 heteroatoms. The highest BCUT2D eigenvalue weighted by molar-refractivity contribution is 7.13. The number of carbonyl (C=O) groups is 1. The van der Waals surface area contributed by atoms with Crippen LogP contribution in [0.4, 0.5) is 5.69 Å². The molecule has 0 radical (unpaired) electrons. The van der Waals surface area contributed by atoms with Gasteiger partial charge in [0.05, 0.1) is 12.2 Å². The summed E-state index contributed by atoms with van der Waals surface area (Å²) in [5.74, 6) is -0.0664. The maximum atomic E-state index is 12.1. The van der Waals surface area contributed by atoms with Crippen LogP contribution in [0.3, 0.4) is 0 Å². The maximum absolute atomic E-state index is 12.1. The van der Waals surface area contributed by atoms with Gasteiger partial charge in [0.2, 0.25) is 5.91 Å². The van der Waals surface area contributed by atoms with E-state index >= 15 is 0 Å². The standard InChI is InChI=1S/C19H18ClN3OS/c1-23(12-18(24)21-16-9-7-15(20)8-10-16)11-17-13-25-19(22-17)14-5-3-2-4-6-14/h2-10,13H,11-12H2,1H3,(H,21,24). The van der Waals surface area contributed by atoms with Crippen LogP contribution >= 0.6 is 22.9 Å². The minimum absolute atomic E-state index is 0.0664. The first-order valence-electron chi connectivity index (χ1n) is 7.84. The minimum Gasteiger partial charge on any atom is -0.325 e. The third-order valence-corrected chi connectivity index (χ3v) is 4.74. The molecule has 3 aromatic rings. The second-order valence-corrected chi connectivity index (χ2v) is 7.03. The van der Waals surface area contributed by atoms with Crippen LogP contribution in [0.2, 0.25) is 5.02 Å². The highest BCUT2D eigenvalue weighted by Gasteiger charge is 2.10. The number of aromatic nitrogens is 1. The van der Waals surface area contributed by atoms with E-state index in [0.29, 0.717) is 18.1 Å². The van der Waals surface area contributed by atoms with Crippen LogP contribution in [0.15, 0.2) is 60.0 Å². The molecule has 128 valence electrons. The van der Waals surface area contributed by atoms with Crippen LogP contribution < -0.4 is 5.32 Å². The average molecular weight is 372 g/mol. The van der Waals surface area contributed by atoms with Gasteiger partial charge in [-0.25, -0.2) is 4.98 Å². The summed E-state index contributed by atoms with van der Waals surface area (Å²) in [5.41, 5.74) is 2.82. The monoisotopic (exact) mass is 371 g/mol. The summed E-state index contributed by atoms with van der Waals surface area (Å²) in [6.45, 7) is 0.915. The van der Waals surface area contributed by atoms with Gasteiger partial charge in [-0.2, -0.15) is 0 Å². The lowest BCUT2D eigenvalue weighted by atomic mass is 10.2. The molecule has 0 atom stereocenters. The molecule has 1 aromatic heterocycles. The highest BCUT2D eigenvalue weighted by Crippen LogP contribution is 2.23. The van der Waals surface area contributed by atoms with Crippen LogP contribution in [-0.4, -0.2) is 29.4 Å². The highest BCUT2D eigenvalue weighted by atomic mass is 35.5. The topological polar surface area (TPSA) is 45.2 Å². The lowest BCUT2D eigenvalue weighted by Gasteiger charge is -2.15. The van der Waals surface area contributed by atoms with Gasteiger partial charge in [-0.1, -0.05) is 41.9 Å². The van der Waals surface area contributed by atoms with Gasteiger partial charge in [-0.15, -0.1) is 11.3 Å². The van der Waals surface area contributed by atoms with Crippen molar-refractivity contribution in [1.29, 1.82) is 0 Å². The summed E-state index contributed by atoms with van der Waals surface area (Å²) in [6.07, 6.45) is 0. The number of hydrogen-bond donors (Lipinski definition) is 1. The predicted octanol–water partition coefficient (Wildman–Crippen LogP) is 4.53. The molecule has 0 saturated carbocycles. The normalized spacial score (nSPS) is 10.8. The summed E-state index contributed by atoms with van der Waals surface area (Å²) < 4.78 is 0. The van der Waals surface area contributed by atoms with E-state index < -0.39 is 0 Å². The second kappa shape index (κ2) is 8.25. The Morgan fingerprint density at radius 2 is 1.88 bits per heavy atom. The summed E-state index contributed by atoms with van der Waals surface area (Å²) in [6, 6.07) is 17.2. The van der Waals surface area contributed by atoms with E-state index in [0.717, 1.165) is 22.0 Å². The number of anilines is 1. The Morgan fingerprint density at radius 1 is 1.16 bits per heavy atom. The third kappa shape index (κ3) is 5.13. The first-order chi connectivity index (χ1) is 12.1. The van der Waals surface area contributed by atoms with Crippen molar-refractivity contribution < 1.29 is 4.79 Å². The minimum atomic E-state index is -0.0664. The number of rotatable bonds is 6. The first-order valence-corrected chi connectivity index (χ1v) is 9.10. The van der Waals surface area contributed by atoms with Crippen molar-refractivity contribution in [1.82, 2.24) is 9.88 Å². The van der Waals surface area contributed by atoms with Gasteiger partial charge in [-0.3, -0.25) is 9.69 Å². The molecule has 2 aromatic carbocycles. The zero-order valence-corrected chi connectivity index (χ0v) is 15.3. The average Bonchev–Trinajstić information content (AvgIpc) is 3.06. The molecule has 1 heterocycles. The summed E-state index contributed by atoms with van der Waals surface area (Å²) in [7, 11) is 1.91.